The van der Waals surface area contributed by atoms with Gasteiger partial charge in [0.2, 0.25) is 5.91 Å². The molecule has 0 atom stereocenters. The topological polar surface area (TPSA) is 58.4 Å². The highest BCUT2D eigenvalue weighted by molar-refractivity contribution is 5.91. The Kier molecular flexibility index (Phi) is 10.5. The summed E-state index contributed by atoms with van der Waals surface area (Å²) in [6, 6.07) is 6.20. The van der Waals surface area contributed by atoms with Crippen molar-refractivity contribution < 1.29 is 4.79 Å². The lowest BCUT2D eigenvalue weighted by Gasteiger charge is -2.16. The number of amides is 1. The van der Waals surface area contributed by atoms with Crippen molar-refractivity contribution in [2.75, 3.05) is 18.4 Å². The highest BCUT2D eigenvalue weighted by atomic mass is 35.5. The van der Waals surface area contributed by atoms with E-state index in [1.807, 2.05) is 12.1 Å². The number of hydrogen-bond acceptors (Lipinski definition) is 3. The number of carbonyl (C=O) groups excluding carboxylic acids is 1. The normalized spacial score (nSPS) is 13.2. The average molecular weight is 362 g/mol. The van der Waals surface area contributed by atoms with Crippen molar-refractivity contribution in [2.45, 2.75) is 46.2 Å². The van der Waals surface area contributed by atoms with Gasteiger partial charge in [0.15, 0.2) is 0 Å². The summed E-state index contributed by atoms with van der Waals surface area (Å²) in [6.07, 6.45) is 2.45. The Morgan fingerprint density at radius 1 is 1.30 bits per heavy atom. The number of nitrogens with two attached hydrogens (primary N) is 1. The molecule has 132 valence electrons. The van der Waals surface area contributed by atoms with Gasteiger partial charge in [0.05, 0.1) is 0 Å². The van der Waals surface area contributed by atoms with Crippen LogP contribution in [0.15, 0.2) is 18.2 Å². The third-order valence-corrected chi connectivity index (χ3v) is 3.95. The fourth-order valence-electron chi connectivity index (χ4n) is 2.68. The fourth-order valence-corrected chi connectivity index (χ4v) is 2.68. The van der Waals surface area contributed by atoms with Gasteiger partial charge in [-0.3, -0.25) is 9.69 Å². The summed E-state index contributed by atoms with van der Waals surface area (Å²) in [7, 11) is 0. The molecule has 0 aliphatic carbocycles. The Hall–Kier alpha value is -0.810. The van der Waals surface area contributed by atoms with Crippen LogP contribution in [-0.4, -0.2) is 23.9 Å². The fraction of sp³-hybridized carbons (Fsp3) is 0.588. The molecule has 1 heterocycles. The van der Waals surface area contributed by atoms with E-state index in [1.54, 1.807) is 0 Å². The van der Waals surface area contributed by atoms with Crippen LogP contribution in [0.4, 0.5) is 5.69 Å². The van der Waals surface area contributed by atoms with Gasteiger partial charge >= 0.3 is 0 Å². The highest BCUT2D eigenvalue weighted by Gasteiger charge is 2.21. The van der Waals surface area contributed by atoms with Crippen molar-refractivity contribution in [3.05, 3.63) is 29.3 Å². The molecule has 0 aromatic heterocycles. The van der Waals surface area contributed by atoms with Gasteiger partial charge in [-0.2, -0.15) is 0 Å². The van der Waals surface area contributed by atoms with E-state index in [1.165, 1.54) is 17.5 Å². The molecule has 1 aromatic carbocycles. The molecular formula is C17H29Cl2N3O. The van der Waals surface area contributed by atoms with Crippen LogP contribution in [0.3, 0.4) is 0 Å². The van der Waals surface area contributed by atoms with E-state index in [4.69, 9.17) is 5.73 Å². The van der Waals surface area contributed by atoms with E-state index >= 15 is 0 Å². The van der Waals surface area contributed by atoms with Gasteiger partial charge in [0.25, 0.3) is 0 Å². The summed E-state index contributed by atoms with van der Waals surface area (Å²) in [5, 5.41) is 3.04. The zero-order valence-electron chi connectivity index (χ0n) is 14.0. The summed E-state index contributed by atoms with van der Waals surface area (Å²) < 4.78 is 0. The molecule has 0 fully saturated rings. The van der Waals surface area contributed by atoms with Crippen LogP contribution < -0.4 is 11.1 Å². The largest absolute Gasteiger partial charge is 0.330 e. The zero-order valence-corrected chi connectivity index (χ0v) is 15.6. The van der Waals surface area contributed by atoms with Gasteiger partial charge in [-0.1, -0.05) is 26.0 Å². The second kappa shape index (κ2) is 10.9. The minimum atomic E-state index is 0. The van der Waals surface area contributed by atoms with Gasteiger partial charge in [-0.25, -0.2) is 0 Å². The lowest BCUT2D eigenvalue weighted by atomic mass is 10.1. The number of rotatable bonds is 7. The Labute approximate surface area is 152 Å². The van der Waals surface area contributed by atoms with Crippen LogP contribution in [0.5, 0.6) is 0 Å². The van der Waals surface area contributed by atoms with Gasteiger partial charge in [0, 0.05) is 25.2 Å². The Bertz CT molecular complexity index is 495. The Morgan fingerprint density at radius 3 is 2.70 bits per heavy atom. The molecule has 0 saturated heterocycles. The van der Waals surface area contributed by atoms with Crippen LogP contribution in [0.1, 0.15) is 44.2 Å². The third kappa shape index (κ3) is 6.68. The molecule has 0 unspecified atom stereocenters. The first-order valence-corrected chi connectivity index (χ1v) is 7.93. The minimum absolute atomic E-state index is 0. The number of halogens is 2. The molecule has 1 aliphatic heterocycles. The first kappa shape index (κ1) is 22.2. The second-order valence-corrected chi connectivity index (χ2v) is 6.28. The first-order chi connectivity index (χ1) is 10.1. The second-order valence-electron chi connectivity index (χ2n) is 6.28. The Balaban J connectivity index is 0.00000242. The van der Waals surface area contributed by atoms with E-state index in [9.17, 15) is 4.79 Å². The van der Waals surface area contributed by atoms with E-state index in [-0.39, 0.29) is 30.7 Å². The van der Waals surface area contributed by atoms with E-state index in [2.05, 4.69) is 30.1 Å². The van der Waals surface area contributed by atoms with Crippen molar-refractivity contribution in [3.8, 4) is 0 Å². The zero-order chi connectivity index (χ0) is 15.2. The summed E-state index contributed by atoms with van der Waals surface area (Å²) in [5.74, 6) is 0.790. The maximum absolute atomic E-state index is 11.9. The highest BCUT2D eigenvalue weighted by Crippen LogP contribution is 2.29. The number of nitrogens with zero attached hydrogens (tertiary/aromatic N) is 1. The molecule has 0 radical (unpaired) electrons. The predicted molar refractivity (Wildman–Crippen MR) is 101 cm³/mol. The van der Waals surface area contributed by atoms with Crippen LogP contribution in [0.25, 0.3) is 0 Å². The summed E-state index contributed by atoms with van der Waals surface area (Å²) >= 11 is 0. The van der Waals surface area contributed by atoms with Gasteiger partial charge in [-0.05, 0) is 49.0 Å². The van der Waals surface area contributed by atoms with E-state index in [0.29, 0.717) is 13.0 Å². The SMILES string of the molecule is CC(C)CCN1Cc2cccc(NC(=O)CCCN)c2C1.Cl.Cl. The van der Waals surface area contributed by atoms with Gasteiger partial charge in [-0.15, -0.1) is 24.8 Å². The molecule has 0 spiro atoms. The van der Waals surface area contributed by atoms with Gasteiger partial charge in [0.1, 0.15) is 0 Å². The van der Waals surface area contributed by atoms with Crippen LogP contribution in [0.2, 0.25) is 0 Å². The number of fused-ring (bicyclic) bond motifs is 1. The quantitative estimate of drug-likeness (QED) is 0.780. The molecular weight excluding hydrogens is 333 g/mol. The monoisotopic (exact) mass is 361 g/mol. The van der Waals surface area contributed by atoms with Crippen molar-refractivity contribution in [2.24, 2.45) is 11.7 Å². The van der Waals surface area contributed by atoms with Crippen LogP contribution in [-0.2, 0) is 17.9 Å². The average Bonchev–Trinajstić information content (AvgIpc) is 2.87. The molecule has 0 bridgehead atoms. The van der Waals surface area contributed by atoms with Crippen molar-refractivity contribution >= 4 is 36.4 Å². The maximum Gasteiger partial charge on any atom is 0.224 e. The lowest BCUT2D eigenvalue weighted by molar-refractivity contribution is -0.116. The number of hydrogen-bond donors (Lipinski definition) is 2. The molecule has 3 N–H and O–H groups in total. The molecule has 1 aromatic rings. The summed E-state index contributed by atoms with van der Waals surface area (Å²) in [6.45, 7) is 8.12. The van der Waals surface area contributed by atoms with Crippen molar-refractivity contribution in [3.63, 3.8) is 0 Å². The van der Waals surface area contributed by atoms with Gasteiger partial charge < -0.3 is 11.1 Å². The molecule has 0 saturated carbocycles. The molecule has 6 heteroatoms. The molecule has 23 heavy (non-hydrogen) atoms. The standard InChI is InChI=1S/C17H27N3O.2ClH/c1-13(2)8-10-20-11-14-5-3-6-16(15(14)12-20)19-17(21)7-4-9-18;;/h3,5-6,13H,4,7-12,18H2,1-2H3,(H,19,21);2*1H. The third-order valence-electron chi connectivity index (χ3n) is 3.95. The number of anilines is 1. The van der Waals surface area contributed by atoms with Crippen molar-refractivity contribution in [1.82, 2.24) is 4.90 Å². The van der Waals surface area contributed by atoms with Crippen LogP contribution >= 0.6 is 24.8 Å². The molecule has 1 aliphatic rings. The first-order valence-electron chi connectivity index (χ1n) is 7.93. The predicted octanol–water partition coefficient (Wildman–Crippen LogP) is 3.57. The molecule has 1 amide bonds. The Morgan fingerprint density at radius 2 is 2.04 bits per heavy atom. The summed E-state index contributed by atoms with van der Waals surface area (Å²) in [5.41, 5.74) is 9.05. The van der Waals surface area contributed by atoms with E-state index < -0.39 is 0 Å². The molecule has 4 nitrogen and oxygen atoms in total. The number of nitrogens with one attached hydrogen (secondary N) is 1. The van der Waals surface area contributed by atoms with Crippen LogP contribution in [0, 0.1) is 5.92 Å². The minimum Gasteiger partial charge on any atom is -0.330 e. The summed E-state index contributed by atoms with van der Waals surface area (Å²) in [4.78, 5) is 14.3. The number of benzene rings is 1. The number of carbonyl (C=O) groups is 1. The smallest absolute Gasteiger partial charge is 0.224 e. The maximum atomic E-state index is 11.9. The molecule has 2 rings (SSSR count). The van der Waals surface area contributed by atoms with Crippen molar-refractivity contribution in [1.29, 1.82) is 0 Å². The lowest BCUT2D eigenvalue weighted by Crippen LogP contribution is -2.19. The van der Waals surface area contributed by atoms with E-state index in [0.717, 1.165) is 37.7 Å².